The van der Waals surface area contributed by atoms with E-state index in [0.717, 1.165) is 4.68 Å². The number of benzene rings is 2. The monoisotopic (exact) mass is 445 g/mol. The molecule has 1 amide bonds. The molecule has 0 saturated heterocycles. The summed E-state index contributed by atoms with van der Waals surface area (Å²) in [5, 5.41) is 8.32. The normalized spacial score (nSPS) is 11.3. The minimum atomic E-state index is -0.613. The highest BCUT2D eigenvalue weighted by atomic mass is 35.5. The number of aryl methyl sites for hydroxylation is 1. The van der Waals surface area contributed by atoms with E-state index in [9.17, 15) is 9.59 Å². The predicted molar refractivity (Wildman–Crippen MR) is 113 cm³/mol. The van der Waals surface area contributed by atoms with Gasteiger partial charge in [0, 0.05) is 23.2 Å². The van der Waals surface area contributed by atoms with Gasteiger partial charge in [0.25, 0.3) is 5.91 Å². The fraction of sp³-hybridized carbons (Fsp3) is 0.200. The summed E-state index contributed by atoms with van der Waals surface area (Å²) in [6, 6.07) is 13.7. The number of hydrogen-bond donors (Lipinski definition) is 1. The third-order valence-electron chi connectivity index (χ3n) is 4.22. The number of aromatic nitrogens is 3. The second-order valence-corrected chi connectivity index (χ2v) is 6.64. The molecule has 0 aliphatic rings. The number of nitrogens with one attached hydrogen (secondary N) is 1. The molecule has 0 aliphatic heterocycles. The fourth-order valence-electron chi connectivity index (χ4n) is 2.78. The molecule has 10 nitrogen and oxygen atoms in total. The van der Waals surface area contributed by atoms with Crippen molar-refractivity contribution in [1.82, 2.24) is 19.8 Å². The Morgan fingerprint density at radius 1 is 1.16 bits per heavy atom. The molecule has 0 aliphatic carbocycles. The highest BCUT2D eigenvalue weighted by Crippen LogP contribution is 2.18. The van der Waals surface area contributed by atoms with E-state index >= 15 is 0 Å². The Labute approximate surface area is 182 Å². The second kappa shape index (κ2) is 9.92. The number of hydroxylamine groups is 1. The predicted octanol–water partition coefficient (Wildman–Crippen LogP) is 1.83. The Hall–Kier alpha value is -3.63. The van der Waals surface area contributed by atoms with Crippen LogP contribution in [0.2, 0.25) is 5.02 Å². The van der Waals surface area contributed by atoms with Crippen LogP contribution < -0.4 is 15.9 Å². The van der Waals surface area contributed by atoms with Crippen molar-refractivity contribution in [3.63, 3.8) is 0 Å². The van der Waals surface area contributed by atoms with Crippen molar-refractivity contribution < 1.29 is 19.2 Å². The van der Waals surface area contributed by atoms with Gasteiger partial charge < -0.3 is 9.57 Å². The Balaban J connectivity index is 1.77. The molecule has 0 bridgehead atoms. The summed E-state index contributed by atoms with van der Waals surface area (Å²) in [4.78, 5) is 35.2. The van der Waals surface area contributed by atoms with Crippen LogP contribution in [0.15, 0.2) is 58.5 Å². The molecule has 0 unspecified atom stereocenters. The van der Waals surface area contributed by atoms with Gasteiger partial charge in [-0.25, -0.2) is 19.5 Å². The minimum absolute atomic E-state index is 0.0117. The van der Waals surface area contributed by atoms with E-state index in [2.05, 4.69) is 15.7 Å². The van der Waals surface area contributed by atoms with Gasteiger partial charge >= 0.3 is 11.7 Å². The van der Waals surface area contributed by atoms with E-state index < -0.39 is 5.91 Å². The van der Waals surface area contributed by atoms with Crippen LogP contribution in [0.5, 0.6) is 6.01 Å². The summed E-state index contributed by atoms with van der Waals surface area (Å²) in [6.45, 7) is -0.0344. The zero-order valence-electron chi connectivity index (χ0n) is 17.0. The van der Waals surface area contributed by atoms with E-state index in [1.165, 1.54) is 25.8 Å². The molecular weight excluding hydrogens is 426 g/mol. The maximum Gasteiger partial charge on any atom is 0.353 e. The zero-order valence-corrected chi connectivity index (χ0v) is 17.8. The van der Waals surface area contributed by atoms with E-state index in [4.69, 9.17) is 26.0 Å². The first-order valence-electron chi connectivity index (χ1n) is 9.03. The number of halogens is 1. The van der Waals surface area contributed by atoms with Gasteiger partial charge in [0.15, 0.2) is 5.71 Å². The van der Waals surface area contributed by atoms with Crippen molar-refractivity contribution in [3.8, 4) is 11.7 Å². The zero-order chi connectivity index (χ0) is 22.4. The number of carbonyl (C=O) groups is 1. The molecule has 0 fully saturated rings. The summed E-state index contributed by atoms with van der Waals surface area (Å²) in [7, 11) is 4.28. The van der Waals surface area contributed by atoms with Gasteiger partial charge in [-0.3, -0.25) is 9.63 Å². The van der Waals surface area contributed by atoms with Crippen LogP contribution >= 0.6 is 11.6 Å². The van der Waals surface area contributed by atoms with Gasteiger partial charge in [0.2, 0.25) is 0 Å². The molecule has 2 aromatic carbocycles. The van der Waals surface area contributed by atoms with E-state index in [0.29, 0.717) is 21.8 Å². The highest BCUT2D eigenvalue weighted by Gasteiger charge is 2.18. The Kier molecular flexibility index (Phi) is 7.06. The molecule has 162 valence electrons. The van der Waals surface area contributed by atoms with Crippen molar-refractivity contribution in [3.05, 3.63) is 75.2 Å². The lowest BCUT2D eigenvalue weighted by Gasteiger charge is -2.12. The van der Waals surface area contributed by atoms with Crippen LogP contribution in [0.3, 0.4) is 0 Å². The lowest BCUT2D eigenvalue weighted by Crippen LogP contribution is -2.32. The highest BCUT2D eigenvalue weighted by molar-refractivity contribution is 6.45. The minimum Gasteiger partial charge on any atom is -0.467 e. The number of nitrogens with zero attached hydrogens (tertiary/aromatic N) is 4. The topological polar surface area (TPSA) is 109 Å². The van der Waals surface area contributed by atoms with Crippen molar-refractivity contribution in [2.45, 2.75) is 6.61 Å². The summed E-state index contributed by atoms with van der Waals surface area (Å²) in [5.41, 5.74) is 3.59. The van der Waals surface area contributed by atoms with Crippen molar-refractivity contribution in [2.75, 3.05) is 14.2 Å². The first kappa shape index (κ1) is 22.1. The molecule has 1 aromatic heterocycles. The average Bonchev–Trinajstić information content (AvgIpc) is 3.06. The Bertz CT molecular complexity index is 1150. The van der Waals surface area contributed by atoms with Crippen LogP contribution in [-0.2, 0) is 28.1 Å². The Morgan fingerprint density at radius 3 is 2.55 bits per heavy atom. The number of rotatable bonds is 8. The molecule has 0 spiro atoms. The second-order valence-electron chi connectivity index (χ2n) is 6.21. The molecule has 1 N–H and O–H groups in total. The molecule has 1 heterocycles. The quantitative estimate of drug-likeness (QED) is 0.418. The SMILES string of the molecule is CON=C(C(=O)NOCc1ccccc1-n1c(OC)nn(C)c1=O)c1ccc(Cl)cc1. The first-order chi connectivity index (χ1) is 15.0. The van der Waals surface area contributed by atoms with E-state index in [-0.39, 0.29) is 24.0 Å². The van der Waals surface area contributed by atoms with Crippen LogP contribution in [-0.4, -0.2) is 40.2 Å². The van der Waals surface area contributed by atoms with Gasteiger partial charge in [-0.15, -0.1) is 5.10 Å². The van der Waals surface area contributed by atoms with Crippen LogP contribution in [0.25, 0.3) is 5.69 Å². The number of methoxy groups -OCH3 is 1. The lowest BCUT2D eigenvalue weighted by molar-refractivity contribution is -0.127. The number of para-hydroxylation sites is 1. The molecule has 3 rings (SSSR count). The Morgan fingerprint density at radius 2 is 1.87 bits per heavy atom. The van der Waals surface area contributed by atoms with Gasteiger partial charge in [-0.2, -0.15) is 0 Å². The molecule has 0 radical (unpaired) electrons. The number of ether oxygens (including phenoxy) is 1. The van der Waals surface area contributed by atoms with Crippen LogP contribution in [0.4, 0.5) is 0 Å². The van der Waals surface area contributed by atoms with Crippen LogP contribution in [0, 0.1) is 0 Å². The molecular formula is C20H20ClN5O5. The fourth-order valence-corrected chi connectivity index (χ4v) is 2.91. The molecule has 11 heteroatoms. The maximum atomic E-state index is 12.6. The molecule has 0 saturated carbocycles. The molecule has 0 atom stereocenters. The maximum absolute atomic E-state index is 12.6. The van der Waals surface area contributed by atoms with Crippen LogP contribution in [0.1, 0.15) is 11.1 Å². The summed E-state index contributed by atoms with van der Waals surface area (Å²) >= 11 is 5.89. The van der Waals surface area contributed by atoms with Crippen molar-refractivity contribution in [1.29, 1.82) is 0 Å². The third kappa shape index (κ3) is 4.93. The van der Waals surface area contributed by atoms with Gasteiger partial charge in [0.05, 0.1) is 12.8 Å². The number of oxime groups is 1. The molecule has 3 aromatic rings. The smallest absolute Gasteiger partial charge is 0.353 e. The summed E-state index contributed by atoms with van der Waals surface area (Å²) in [6.07, 6.45) is 0. The average molecular weight is 446 g/mol. The van der Waals surface area contributed by atoms with E-state index in [1.54, 1.807) is 48.5 Å². The van der Waals surface area contributed by atoms with Gasteiger partial charge in [0.1, 0.15) is 13.7 Å². The number of carbonyl (C=O) groups excluding carboxylic acids is 1. The third-order valence-corrected chi connectivity index (χ3v) is 4.47. The van der Waals surface area contributed by atoms with E-state index in [1.807, 2.05) is 0 Å². The summed E-state index contributed by atoms with van der Waals surface area (Å²) in [5.74, 6) is -0.613. The van der Waals surface area contributed by atoms with Crippen molar-refractivity contribution >= 4 is 23.2 Å². The van der Waals surface area contributed by atoms with Crippen molar-refractivity contribution in [2.24, 2.45) is 12.2 Å². The molecule has 31 heavy (non-hydrogen) atoms. The number of amides is 1. The van der Waals surface area contributed by atoms with Gasteiger partial charge in [-0.1, -0.05) is 47.1 Å². The number of hydrogen-bond acceptors (Lipinski definition) is 7. The first-order valence-corrected chi connectivity index (χ1v) is 9.41. The summed E-state index contributed by atoms with van der Waals surface area (Å²) < 4.78 is 7.67. The standard InChI is InChI=1S/C20H20ClN5O5/c1-25-20(28)26(19(22-25)29-2)16-7-5-4-6-14(16)12-31-24-18(27)17(23-30-3)13-8-10-15(21)11-9-13/h4-11H,12H2,1-3H3,(H,24,27). The largest absolute Gasteiger partial charge is 0.467 e. The lowest BCUT2D eigenvalue weighted by atomic mass is 10.1. The van der Waals surface area contributed by atoms with Gasteiger partial charge in [-0.05, 0) is 18.2 Å².